The van der Waals surface area contributed by atoms with Crippen LogP contribution < -0.4 is 5.73 Å². The maximum atomic E-state index is 6.12. The highest BCUT2D eigenvalue weighted by Crippen LogP contribution is 2.30. The molecule has 2 heterocycles. The first-order valence-electron chi connectivity index (χ1n) is 6.85. The number of nitrogens with two attached hydrogens (primary N) is 1. The Labute approximate surface area is 128 Å². The lowest BCUT2D eigenvalue weighted by molar-refractivity contribution is 0.117. The zero-order valence-electron chi connectivity index (χ0n) is 12.0. The lowest BCUT2D eigenvalue weighted by atomic mass is 9.96. The molecule has 0 spiro atoms. The first kappa shape index (κ1) is 15.4. The van der Waals surface area contributed by atoms with E-state index in [4.69, 9.17) is 5.73 Å². The van der Waals surface area contributed by atoms with Crippen LogP contribution in [0.1, 0.15) is 25.1 Å². The molecule has 0 bridgehead atoms. The monoisotopic (exact) mass is 345 g/mol. The summed E-state index contributed by atoms with van der Waals surface area (Å²) in [5.41, 5.74) is 6.26. The van der Waals surface area contributed by atoms with Crippen LogP contribution in [0.25, 0.3) is 0 Å². The van der Waals surface area contributed by atoms with Crippen molar-refractivity contribution in [3.05, 3.63) is 20.8 Å². The molecule has 0 amide bonds. The van der Waals surface area contributed by atoms with Gasteiger partial charge in [-0.05, 0) is 49.3 Å². The summed E-state index contributed by atoms with van der Waals surface area (Å²) in [5.74, 6) is 0. The molecule has 0 radical (unpaired) electrons. The second kappa shape index (κ2) is 6.22. The molecule has 1 atom stereocenters. The molecule has 2 N–H and O–H groups in total. The number of hydrogen-bond donors (Lipinski definition) is 1. The molecule has 19 heavy (non-hydrogen) atoms. The normalized spacial score (nSPS) is 24.8. The molecule has 0 aromatic carbocycles. The predicted octanol–water partition coefficient (Wildman–Crippen LogP) is 2.75. The third-order valence-corrected chi connectivity index (χ3v) is 5.98. The standard InChI is InChI=1S/C14H24BrN3S/c1-11(2)18-5-4-14(9-16,10-18)17(3)7-13-6-12(15)8-19-13/h6,8,11H,4-5,7,9-10,16H2,1-3H3. The highest BCUT2D eigenvalue weighted by atomic mass is 79.9. The number of nitrogens with zero attached hydrogens (tertiary/aromatic N) is 2. The van der Waals surface area contributed by atoms with Crippen LogP contribution in [0.15, 0.2) is 15.9 Å². The molecule has 1 aromatic heterocycles. The van der Waals surface area contributed by atoms with E-state index >= 15 is 0 Å². The maximum absolute atomic E-state index is 6.12. The van der Waals surface area contributed by atoms with Crippen LogP contribution in [0.2, 0.25) is 0 Å². The van der Waals surface area contributed by atoms with Gasteiger partial charge in [-0.3, -0.25) is 9.80 Å². The van der Waals surface area contributed by atoms with Crippen molar-refractivity contribution >= 4 is 27.3 Å². The minimum absolute atomic E-state index is 0.140. The van der Waals surface area contributed by atoms with E-state index in [-0.39, 0.29) is 5.54 Å². The number of hydrogen-bond acceptors (Lipinski definition) is 4. The van der Waals surface area contributed by atoms with Crippen molar-refractivity contribution < 1.29 is 0 Å². The summed E-state index contributed by atoms with van der Waals surface area (Å²) in [6.07, 6.45) is 1.17. The Morgan fingerprint density at radius 1 is 1.58 bits per heavy atom. The van der Waals surface area contributed by atoms with Gasteiger partial charge in [-0.1, -0.05) is 0 Å². The van der Waals surface area contributed by atoms with Gasteiger partial charge >= 0.3 is 0 Å². The minimum atomic E-state index is 0.140. The van der Waals surface area contributed by atoms with Crippen LogP contribution in [-0.2, 0) is 6.54 Å². The van der Waals surface area contributed by atoms with Gasteiger partial charge in [0, 0.05) is 52.5 Å². The molecular weight excluding hydrogens is 322 g/mol. The fourth-order valence-electron chi connectivity index (χ4n) is 2.80. The summed E-state index contributed by atoms with van der Waals surface area (Å²) in [4.78, 5) is 6.38. The Bertz CT molecular complexity index is 421. The van der Waals surface area contributed by atoms with E-state index in [0.717, 1.165) is 26.2 Å². The molecule has 1 unspecified atom stereocenters. The van der Waals surface area contributed by atoms with E-state index in [2.05, 4.69) is 58.1 Å². The SMILES string of the molecule is CC(C)N1CCC(CN)(N(C)Cc2cc(Br)cs2)C1. The third kappa shape index (κ3) is 3.39. The Morgan fingerprint density at radius 2 is 2.32 bits per heavy atom. The van der Waals surface area contributed by atoms with Gasteiger partial charge in [0.1, 0.15) is 0 Å². The van der Waals surface area contributed by atoms with Crippen molar-refractivity contribution in [2.75, 3.05) is 26.7 Å². The fraction of sp³-hybridized carbons (Fsp3) is 0.714. The Morgan fingerprint density at radius 3 is 2.79 bits per heavy atom. The molecule has 0 aliphatic carbocycles. The van der Waals surface area contributed by atoms with E-state index in [9.17, 15) is 0 Å². The second-order valence-electron chi connectivity index (χ2n) is 5.83. The van der Waals surface area contributed by atoms with Crippen LogP contribution in [0.3, 0.4) is 0 Å². The van der Waals surface area contributed by atoms with E-state index < -0.39 is 0 Å². The highest BCUT2D eigenvalue weighted by molar-refractivity contribution is 9.10. The summed E-state index contributed by atoms with van der Waals surface area (Å²) < 4.78 is 1.18. The number of rotatable bonds is 5. The minimum Gasteiger partial charge on any atom is -0.329 e. The van der Waals surface area contributed by atoms with E-state index in [0.29, 0.717) is 6.04 Å². The molecule has 1 aromatic rings. The quantitative estimate of drug-likeness (QED) is 0.890. The summed E-state index contributed by atoms with van der Waals surface area (Å²) in [7, 11) is 2.21. The first-order valence-corrected chi connectivity index (χ1v) is 8.52. The molecular formula is C14H24BrN3S. The Kier molecular flexibility index (Phi) is 5.06. The molecule has 2 rings (SSSR count). The zero-order valence-corrected chi connectivity index (χ0v) is 14.4. The van der Waals surface area contributed by atoms with Crippen LogP contribution in [0.5, 0.6) is 0 Å². The van der Waals surface area contributed by atoms with E-state index in [1.165, 1.54) is 15.8 Å². The topological polar surface area (TPSA) is 32.5 Å². The van der Waals surface area contributed by atoms with Crippen molar-refractivity contribution in [2.45, 2.75) is 38.4 Å². The van der Waals surface area contributed by atoms with Gasteiger partial charge in [0.05, 0.1) is 0 Å². The van der Waals surface area contributed by atoms with Crippen molar-refractivity contribution in [1.29, 1.82) is 0 Å². The third-order valence-electron chi connectivity index (χ3n) is 4.30. The smallest absolute Gasteiger partial charge is 0.0471 e. The van der Waals surface area contributed by atoms with Crippen LogP contribution in [0.4, 0.5) is 0 Å². The molecule has 3 nitrogen and oxygen atoms in total. The molecule has 1 fully saturated rings. The van der Waals surface area contributed by atoms with Crippen molar-refractivity contribution in [1.82, 2.24) is 9.80 Å². The molecule has 108 valence electrons. The second-order valence-corrected chi connectivity index (χ2v) is 7.74. The number of likely N-dealkylation sites (N-methyl/N-ethyl adjacent to an activating group) is 1. The van der Waals surface area contributed by atoms with Gasteiger partial charge in [0.2, 0.25) is 0 Å². The van der Waals surface area contributed by atoms with Crippen LogP contribution >= 0.6 is 27.3 Å². The molecule has 1 saturated heterocycles. The van der Waals surface area contributed by atoms with Gasteiger partial charge in [0.25, 0.3) is 0 Å². The predicted molar refractivity (Wildman–Crippen MR) is 86.6 cm³/mol. The van der Waals surface area contributed by atoms with Gasteiger partial charge < -0.3 is 5.73 Å². The lowest BCUT2D eigenvalue weighted by Gasteiger charge is -2.38. The molecule has 1 aliphatic rings. The molecule has 5 heteroatoms. The van der Waals surface area contributed by atoms with Gasteiger partial charge in [0.15, 0.2) is 0 Å². The van der Waals surface area contributed by atoms with Crippen molar-refractivity contribution in [3.63, 3.8) is 0 Å². The molecule has 1 aliphatic heterocycles. The summed E-state index contributed by atoms with van der Waals surface area (Å²) in [6, 6.07) is 2.82. The van der Waals surface area contributed by atoms with Gasteiger partial charge in [-0.25, -0.2) is 0 Å². The van der Waals surface area contributed by atoms with Gasteiger partial charge in [-0.2, -0.15) is 0 Å². The van der Waals surface area contributed by atoms with Crippen LogP contribution in [0, 0.1) is 0 Å². The Balaban J connectivity index is 2.05. The summed E-state index contributed by atoms with van der Waals surface area (Å²) in [6.45, 7) is 8.50. The average molecular weight is 346 g/mol. The fourth-order valence-corrected chi connectivity index (χ4v) is 4.30. The number of halogens is 1. The number of likely N-dealkylation sites (tertiary alicyclic amines) is 1. The van der Waals surface area contributed by atoms with Crippen molar-refractivity contribution in [2.24, 2.45) is 5.73 Å². The van der Waals surface area contributed by atoms with Crippen LogP contribution in [-0.4, -0.2) is 48.1 Å². The zero-order chi connectivity index (χ0) is 14.0. The van der Waals surface area contributed by atoms with E-state index in [1.54, 1.807) is 0 Å². The Hall–Kier alpha value is 0.0600. The average Bonchev–Trinajstić information content (AvgIpc) is 2.96. The largest absolute Gasteiger partial charge is 0.329 e. The lowest BCUT2D eigenvalue weighted by Crippen LogP contribution is -2.53. The highest BCUT2D eigenvalue weighted by Gasteiger charge is 2.40. The van der Waals surface area contributed by atoms with Crippen molar-refractivity contribution in [3.8, 4) is 0 Å². The number of thiophene rings is 1. The van der Waals surface area contributed by atoms with E-state index in [1.807, 2.05) is 11.3 Å². The summed E-state index contributed by atoms with van der Waals surface area (Å²) >= 11 is 5.33. The van der Waals surface area contributed by atoms with Gasteiger partial charge in [-0.15, -0.1) is 11.3 Å². The first-order chi connectivity index (χ1) is 8.97. The summed E-state index contributed by atoms with van der Waals surface area (Å²) in [5, 5.41) is 2.15. The maximum Gasteiger partial charge on any atom is 0.0471 e. The molecule has 0 saturated carbocycles.